The van der Waals surface area contributed by atoms with Crippen molar-refractivity contribution in [1.29, 1.82) is 0 Å². The van der Waals surface area contributed by atoms with Gasteiger partial charge >= 0.3 is 0 Å². The fourth-order valence-corrected chi connectivity index (χ4v) is 0.975. The molecule has 4 heteroatoms. The molecule has 0 radical (unpaired) electrons. The lowest BCUT2D eigenvalue weighted by molar-refractivity contribution is 0.104. The molecule has 0 N–H and O–H groups in total. The normalized spacial score (nSPS) is 10.3. The SMILES string of the molecule is COc1ccnc(C(=O)C=CN(C)C)c1. The summed E-state index contributed by atoms with van der Waals surface area (Å²) in [5.74, 6) is 0.495. The highest BCUT2D eigenvalue weighted by Gasteiger charge is 2.04. The summed E-state index contributed by atoms with van der Waals surface area (Å²) >= 11 is 0. The van der Waals surface area contributed by atoms with E-state index in [1.54, 1.807) is 36.5 Å². The first-order valence-electron chi connectivity index (χ1n) is 4.52. The monoisotopic (exact) mass is 206 g/mol. The molecule has 0 saturated heterocycles. The van der Waals surface area contributed by atoms with Crippen molar-refractivity contribution >= 4 is 5.78 Å². The molecule has 1 heterocycles. The maximum atomic E-state index is 11.6. The highest BCUT2D eigenvalue weighted by Crippen LogP contribution is 2.10. The van der Waals surface area contributed by atoms with Crippen LogP contribution in [-0.2, 0) is 0 Å². The summed E-state index contributed by atoms with van der Waals surface area (Å²) in [6.45, 7) is 0. The van der Waals surface area contributed by atoms with Gasteiger partial charge in [-0.2, -0.15) is 0 Å². The number of carbonyl (C=O) groups excluding carboxylic acids is 1. The largest absolute Gasteiger partial charge is 0.497 e. The molecular weight excluding hydrogens is 192 g/mol. The van der Waals surface area contributed by atoms with Gasteiger partial charge in [-0.25, -0.2) is 0 Å². The number of pyridine rings is 1. The van der Waals surface area contributed by atoms with Crippen LogP contribution in [0.2, 0.25) is 0 Å². The Hall–Kier alpha value is -1.84. The predicted molar refractivity (Wildman–Crippen MR) is 57.9 cm³/mol. The van der Waals surface area contributed by atoms with E-state index in [0.29, 0.717) is 11.4 Å². The van der Waals surface area contributed by atoms with Crippen molar-refractivity contribution in [2.24, 2.45) is 0 Å². The lowest BCUT2D eigenvalue weighted by atomic mass is 10.2. The fraction of sp³-hybridized carbons (Fsp3) is 0.273. The lowest BCUT2D eigenvalue weighted by Gasteiger charge is -2.03. The average molecular weight is 206 g/mol. The number of carbonyl (C=O) groups is 1. The zero-order chi connectivity index (χ0) is 11.3. The van der Waals surface area contributed by atoms with Crippen LogP contribution in [0.3, 0.4) is 0 Å². The molecule has 1 rings (SSSR count). The van der Waals surface area contributed by atoms with Crippen LogP contribution in [0.4, 0.5) is 0 Å². The summed E-state index contributed by atoms with van der Waals surface area (Å²) in [5, 5.41) is 0. The topological polar surface area (TPSA) is 42.4 Å². The zero-order valence-electron chi connectivity index (χ0n) is 9.10. The molecule has 0 aliphatic heterocycles. The molecule has 0 fully saturated rings. The van der Waals surface area contributed by atoms with Crippen molar-refractivity contribution in [3.63, 3.8) is 0 Å². The van der Waals surface area contributed by atoms with Crippen LogP contribution in [0.15, 0.2) is 30.6 Å². The Morgan fingerprint density at radius 1 is 1.53 bits per heavy atom. The number of hydrogen-bond acceptors (Lipinski definition) is 4. The molecule has 0 atom stereocenters. The second-order valence-corrected chi connectivity index (χ2v) is 3.22. The van der Waals surface area contributed by atoms with E-state index in [4.69, 9.17) is 4.74 Å². The van der Waals surface area contributed by atoms with Crippen LogP contribution in [0.1, 0.15) is 10.5 Å². The molecule has 1 aromatic heterocycles. The fourth-order valence-electron chi connectivity index (χ4n) is 0.975. The maximum absolute atomic E-state index is 11.6. The van der Waals surface area contributed by atoms with Crippen molar-refractivity contribution in [3.8, 4) is 5.75 Å². The second-order valence-electron chi connectivity index (χ2n) is 3.22. The minimum absolute atomic E-state index is 0.136. The van der Waals surface area contributed by atoms with Gasteiger partial charge in [-0.05, 0) is 6.07 Å². The van der Waals surface area contributed by atoms with E-state index in [9.17, 15) is 4.79 Å². The van der Waals surface area contributed by atoms with Crippen LogP contribution < -0.4 is 4.74 Å². The highest BCUT2D eigenvalue weighted by atomic mass is 16.5. The van der Waals surface area contributed by atoms with Gasteiger partial charge in [-0.15, -0.1) is 0 Å². The van der Waals surface area contributed by atoms with E-state index in [1.807, 2.05) is 14.1 Å². The Kier molecular flexibility index (Phi) is 3.85. The standard InChI is InChI=1S/C11H14N2O2/c1-13(2)7-5-11(14)10-8-9(15-3)4-6-12-10/h4-8H,1-3H3. The van der Waals surface area contributed by atoms with Crippen molar-refractivity contribution in [3.05, 3.63) is 36.3 Å². The molecule has 1 aromatic rings. The second kappa shape index (κ2) is 5.14. The van der Waals surface area contributed by atoms with E-state index in [2.05, 4.69) is 4.98 Å². The number of allylic oxidation sites excluding steroid dienone is 1. The van der Waals surface area contributed by atoms with Gasteiger partial charge in [0.05, 0.1) is 7.11 Å². The van der Waals surface area contributed by atoms with Gasteiger partial charge in [-0.1, -0.05) is 0 Å². The molecule has 0 aromatic carbocycles. The van der Waals surface area contributed by atoms with Crippen molar-refractivity contribution in [2.75, 3.05) is 21.2 Å². The number of nitrogens with zero attached hydrogens (tertiary/aromatic N) is 2. The molecule has 0 saturated carbocycles. The van der Waals surface area contributed by atoms with E-state index in [1.165, 1.54) is 6.08 Å². The van der Waals surface area contributed by atoms with Gasteiger partial charge < -0.3 is 9.64 Å². The Balaban J connectivity index is 2.82. The summed E-state index contributed by atoms with van der Waals surface area (Å²) in [6.07, 6.45) is 4.71. The molecule has 15 heavy (non-hydrogen) atoms. The van der Waals surface area contributed by atoms with Gasteiger partial charge in [0.1, 0.15) is 11.4 Å². The van der Waals surface area contributed by atoms with Crippen LogP contribution in [0, 0.1) is 0 Å². The number of ether oxygens (including phenoxy) is 1. The Morgan fingerprint density at radius 3 is 2.87 bits per heavy atom. The molecule has 0 spiro atoms. The quantitative estimate of drug-likeness (QED) is 0.551. The third-order valence-electron chi connectivity index (χ3n) is 1.74. The van der Waals surface area contributed by atoms with Gasteiger partial charge in [0, 0.05) is 38.6 Å². The van der Waals surface area contributed by atoms with Crippen LogP contribution >= 0.6 is 0 Å². The summed E-state index contributed by atoms with van der Waals surface area (Å²) in [5.41, 5.74) is 0.382. The Morgan fingerprint density at radius 2 is 2.27 bits per heavy atom. The van der Waals surface area contributed by atoms with Gasteiger partial charge in [0.2, 0.25) is 5.78 Å². The number of ketones is 1. The van der Waals surface area contributed by atoms with E-state index >= 15 is 0 Å². The molecule has 0 amide bonds. The van der Waals surface area contributed by atoms with Gasteiger partial charge in [0.15, 0.2) is 0 Å². The molecule has 80 valence electrons. The third kappa shape index (κ3) is 3.42. The number of rotatable bonds is 4. The van der Waals surface area contributed by atoms with Gasteiger partial charge in [0.25, 0.3) is 0 Å². The molecular formula is C11H14N2O2. The smallest absolute Gasteiger partial charge is 0.205 e. The number of hydrogen-bond donors (Lipinski definition) is 0. The maximum Gasteiger partial charge on any atom is 0.205 e. The molecule has 0 aliphatic carbocycles. The summed E-state index contributed by atoms with van der Waals surface area (Å²) in [7, 11) is 5.25. The first-order chi connectivity index (χ1) is 7.13. The Labute approximate surface area is 89.2 Å². The Bertz CT molecular complexity index is 373. The predicted octanol–water partition coefficient (Wildman–Crippen LogP) is 1.35. The summed E-state index contributed by atoms with van der Waals surface area (Å²) in [6, 6.07) is 3.31. The molecule has 0 unspecified atom stereocenters. The van der Waals surface area contributed by atoms with E-state index in [0.717, 1.165) is 0 Å². The molecule has 4 nitrogen and oxygen atoms in total. The third-order valence-corrected chi connectivity index (χ3v) is 1.74. The van der Waals surface area contributed by atoms with Crippen molar-refractivity contribution < 1.29 is 9.53 Å². The minimum Gasteiger partial charge on any atom is -0.497 e. The van der Waals surface area contributed by atoms with Crippen molar-refractivity contribution in [2.45, 2.75) is 0 Å². The average Bonchev–Trinajstić information content (AvgIpc) is 2.26. The summed E-state index contributed by atoms with van der Waals surface area (Å²) < 4.78 is 5.00. The van der Waals surface area contributed by atoms with Crippen molar-refractivity contribution in [1.82, 2.24) is 9.88 Å². The zero-order valence-corrected chi connectivity index (χ0v) is 9.10. The summed E-state index contributed by atoms with van der Waals surface area (Å²) in [4.78, 5) is 17.3. The first kappa shape index (κ1) is 11.2. The molecule has 0 aliphatic rings. The van der Waals surface area contributed by atoms with Crippen LogP contribution in [0.5, 0.6) is 5.75 Å². The lowest BCUT2D eigenvalue weighted by Crippen LogP contribution is -2.04. The number of aromatic nitrogens is 1. The van der Waals surface area contributed by atoms with E-state index < -0.39 is 0 Å². The van der Waals surface area contributed by atoms with Crippen LogP contribution in [-0.4, -0.2) is 36.9 Å². The molecule has 0 bridgehead atoms. The number of methoxy groups -OCH3 is 1. The highest BCUT2D eigenvalue weighted by molar-refractivity contribution is 6.03. The van der Waals surface area contributed by atoms with E-state index in [-0.39, 0.29) is 5.78 Å². The van der Waals surface area contributed by atoms with Gasteiger partial charge in [-0.3, -0.25) is 9.78 Å². The van der Waals surface area contributed by atoms with Crippen LogP contribution in [0.25, 0.3) is 0 Å². The minimum atomic E-state index is -0.136. The first-order valence-corrected chi connectivity index (χ1v) is 4.52.